The quantitative estimate of drug-likeness (QED) is 0.618. The molecule has 0 bridgehead atoms. The highest BCUT2D eigenvalue weighted by molar-refractivity contribution is 5.98. The summed E-state index contributed by atoms with van der Waals surface area (Å²) >= 11 is 0. The number of hydrogen-bond donors (Lipinski definition) is 0. The third-order valence-electron chi connectivity index (χ3n) is 3.65. The SMILES string of the molecule is CCn1ncc([N+](=O)[O-])c1N1CCCC(=NC(=O)C(F)(F)F)CC1. The van der Waals surface area contributed by atoms with E-state index in [2.05, 4.69) is 10.1 Å². The molecule has 24 heavy (non-hydrogen) atoms. The molecule has 0 radical (unpaired) electrons. The number of nitro groups is 1. The Kier molecular flexibility index (Phi) is 5.20. The summed E-state index contributed by atoms with van der Waals surface area (Å²) < 4.78 is 38.4. The van der Waals surface area contributed by atoms with E-state index in [-0.39, 0.29) is 30.8 Å². The lowest BCUT2D eigenvalue weighted by Gasteiger charge is -2.21. The molecular formula is C13H16F3N5O3. The van der Waals surface area contributed by atoms with Gasteiger partial charge in [-0.3, -0.25) is 14.9 Å². The van der Waals surface area contributed by atoms with Crippen LogP contribution in [0.2, 0.25) is 0 Å². The van der Waals surface area contributed by atoms with Crippen molar-refractivity contribution in [1.82, 2.24) is 9.78 Å². The second-order valence-corrected chi connectivity index (χ2v) is 5.25. The predicted molar refractivity (Wildman–Crippen MR) is 79.1 cm³/mol. The van der Waals surface area contributed by atoms with Gasteiger partial charge in [-0.2, -0.15) is 18.3 Å². The Labute approximate surface area is 135 Å². The Bertz CT molecular complexity index is 668. The average molecular weight is 347 g/mol. The van der Waals surface area contributed by atoms with Gasteiger partial charge < -0.3 is 4.90 Å². The first kappa shape index (κ1) is 17.9. The fraction of sp³-hybridized carbons (Fsp3) is 0.615. The Morgan fingerprint density at radius 1 is 1.42 bits per heavy atom. The highest BCUT2D eigenvalue weighted by Crippen LogP contribution is 2.29. The summed E-state index contributed by atoms with van der Waals surface area (Å²) in [6, 6.07) is 0. The van der Waals surface area contributed by atoms with Crippen molar-refractivity contribution in [1.29, 1.82) is 0 Å². The van der Waals surface area contributed by atoms with Crippen LogP contribution in [0, 0.1) is 10.1 Å². The van der Waals surface area contributed by atoms with Gasteiger partial charge in [0.2, 0.25) is 5.82 Å². The van der Waals surface area contributed by atoms with Crippen LogP contribution in [-0.2, 0) is 11.3 Å². The normalized spacial score (nSPS) is 17.8. The first-order valence-electron chi connectivity index (χ1n) is 7.36. The second-order valence-electron chi connectivity index (χ2n) is 5.25. The lowest BCUT2D eigenvalue weighted by molar-refractivity contribution is -0.384. The van der Waals surface area contributed by atoms with Crippen molar-refractivity contribution in [2.75, 3.05) is 18.0 Å². The molecule has 0 saturated carbocycles. The third kappa shape index (κ3) is 3.89. The van der Waals surface area contributed by atoms with E-state index in [0.717, 1.165) is 6.20 Å². The number of carbonyl (C=O) groups excluding carboxylic acids is 1. The van der Waals surface area contributed by atoms with Crippen LogP contribution in [-0.4, -0.2) is 45.6 Å². The van der Waals surface area contributed by atoms with Gasteiger partial charge >= 0.3 is 17.8 Å². The number of aromatic nitrogens is 2. The van der Waals surface area contributed by atoms with Crippen LogP contribution >= 0.6 is 0 Å². The number of alkyl halides is 3. The minimum atomic E-state index is -4.99. The topological polar surface area (TPSA) is 93.6 Å². The number of aryl methyl sites for hydroxylation is 1. The van der Waals surface area contributed by atoms with Gasteiger partial charge in [-0.25, -0.2) is 9.67 Å². The summed E-state index contributed by atoms with van der Waals surface area (Å²) in [5, 5.41) is 15.1. The van der Waals surface area contributed by atoms with Gasteiger partial charge in [0.05, 0.1) is 4.92 Å². The van der Waals surface area contributed by atoms with E-state index in [9.17, 15) is 28.1 Å². The van der Waals surface area contributed by atoms with Crippen molar-refractivity contribution in [2.45, 2.75) is 38.9 Å². The van der Waals surface area contributed by atoms with E-state index in [0.29, 0.717) is 25.3 Å². The fourth-order valence-corrected chi connectivity index (χ4v) is 2.56. The van der Waals surface area contributed by atoms with Crippen LogP contribution in [0.4, 0.5) is 24.7 Å². The standard InChI is InChI=1S/C13H16F3N5O3/c1-2-20-11(10(8-17-20)21(23)24)19-6-3-4-9(5-7-19)18-12(22)13(14,15)16/h8H,2-7H2,1H3. The largest absolute Gasteiger partial charge is 0.473 e. The zero-order valence-corrected chi connectivity index (χ0v) is 12.9. The Morgan fingerprint density at radius 2 is 2.12 bits per heavy atom. The summed E-state index contributed by atoms with van der Waals surface area (Å²) in [5.74, 6) is -1.79. The Balaban J connectivity index is 2.20. The van der Waals surface area contributed by atoms with Crippen LogP contribution < -0.4 is 4.90 Å². The predicted octanol–water partition coefficient (Wildman–Crippen LogP) is 2.33. The van der Waals surface area contributed by atoms with Gasteiger partial charge in [0, 0.05) is 31.8 Å². The zero-order valence-electron chi connectivity index (χ0n) is 12.9. The van der Waals surface area contributed by atoms with Crippen molar-refractivity contribution < 1.29 is 22.9 Å². The molecule has 1 saturated heterocycles. The summed E-state index contributed by atoms with van der Waals surface area (Å²) in [4.78, 5) is 26.4. The van der Waals surface area contributed by atoms with E-state index in [4.69, 9.17) is 0 Å². The number of rotatable bonds is 3. The lowest BCUT2D eigenvalue weighted by Crippen LogP contribution is -2.28. The maximum absolute atomic E-state index is 12.3. The van der Waals surface area contributed by atoms with E-state index >= 15 is 0 Å². The molecule has 8 nitrogen and oxygen atoms in total. The molecule has 0 aliphatic carbocycles. The Morgan fingerprint density at radius 3 is 2.71 bits per heavy atom. The van der Waals surface area contributed by atoms with Gasteiger partial charge in [-0.1, -0.05) is 0 Å². The van der Waals surface area contributed by atoms with Gasteiger partial charge in [-0.15, -0.1) is 0 Å². The van der Waals surface area contributed by atoms with E-state index in [1.807, 2.05) is 0 Å². The van der Waals surface area contributed by atoms with Crippen molar-refractivity contribution in [2.24, 2.45) is 4.99 Å². The maximum Gasteiger partial charge on any atom is 0.473 e. The molecule has 0 atom stereocenters. The van der Waals surface area contributed by atoms with E-state index < -0.39 is 17.0 Å². The van der Waals surface area contributed by atoms with E-state index in [1.54, 1.807) is 11.8 Å². The minimum Gasteiger partial charge on any atom is -0.351 e. The van der Waals surface area contributed by atoms with Gasteiger partial charge in [-0.05, 0) is 19.8 Å². The number of hydrogen-bond acceptors (Lipinski definition) is 5. The van der Waals surface area contributed by atoms with Crippen molar-refractivity contribution in [3.63, 3.8) is 0 Å². The number of amides is 1. The van der Waals surface area contributed by atoms with Crippen molar-refractivity contribution in [3.8, 4) is 0 Å². The van der Waals surface area contributed by atoms with Crippen LogP contribution in [0.3, 0.4) is 0 Å². The number of anilines is 1. The summed E-state index contributed by atoms with van der Waals surface area (Å²) in [5.41, 5.74) is 0.00801. The summed E-state index contributed by atoms with van der Waals surface area (Å²) in [6.07, 6.45) is -3.01. The molecule has 132 valence electrons. The smallest absolute Gasteiger partial charge is 0.351 e. The molecule has 0 unspecified atom stereocenters. The minimum absolute atomic E-state index is 0.133. The fourth-order valence-electron chi connectivity index (χ4n) is 2.56. The van der Waals surface area contributed by atoms with Crippen LogP contribution in [0.1, 0.15) is 26.2 Å². The molecule has 1 fully saturated rings. The number of halogens is 3. The number of nitrogens with zero attached hydrogens (tertiary/aromatic N) is 5. The average Bonchev–Trinajstić information content (AvgIpc) is 2.80. The summed E-state index contributed by atoms with van der Waals surface area (Å²) in [7, 11) is 0. The zero-order chi connectivity index (χ0) is 17.9. The molecule has 1 aromatic heterocycles. The molecular weight excluding hydrogens is 331 g/mol. The van der Waals surface area contributed by atoms with Crippen LogP contribution in [0.5, 0.6) is 0 Å². The van der Waals surface area contributed by atoms with Crippen molar-refractivity contribution in [3.05, 3.63) is 16.3 Å². The molecule has 1 amide bonds. The molecule has 0 spiro atoms. The molecule has 1 aliphatic rings. The third-order valence-corrected chi connectivity index (χ3v) is 3.65. The van der Waals surface area contributed by atoms with Crippen LogP contribution in [0.15, 0.2) is 11.2 Å². The molecule has 0 aromatic carbocycles. The van der Waals surface area contributed by atoms with E-state index in [1.165, 1.54) is 4.68 Å². The van der Waals surface area contributed by atoms with Gasteiger partial charge in [0.15, 0.2) is 0 Å². The monoisotopic (exact) mass is 347 g/mol. The molecule has 1 aromatic rings. The molecule has 1 aliphatic heterocycles. The molecule has 2 heterocycles. The maximum atomic E-state index is 12.3. The summed E-state index contributed by atoms with van der Waals surface area (Å²) in [6.45, 7) is 2.85. The highest BCUT2D eigenvalue weighted by Gasteiger charge is 2.39. The van der Waals surface area contributed by atoms with Crippen LogP contribution in [0.25, 0.3) is 0 Å². The van der Waals surface area contributed by atoms with Gasteiger partial charge in [0.1, 0.15) is 6.20 Å². The first-order valence-corrected chi connectivity index (χ1v) is 7.36. The highest BCUT2D eigenvalue weighted by atomic mass is 19.4. The van der Waals surface area contributed by atoms with Gasteiger partial charge in [0.25, 0.3) is 0 Å². The molecule has 2 rings (SSSR count). The Hall–Kier alpha value is -2.46. The first-order chi connectivity index (χ1) is 11.2. The lowest BCUT2D eigenvalue weighted by atomic mass is 10.2. The van der Waals surface area contributed by atoms with Crippen molar-refractivity contribution >= 4 is 23.1 Å². The molecule has 11 heteroatoms. The second kappa shape index (κ2) is 6.97. The number of carbonyl (C=O) groups is 1. The molecule has 0 N–H and O–H groups in total. The number of aliphatic imine (C=N–C) groups is 1.